The number of nitro benzene ring substituents is 2. The van der Waals surface area contributed by atoms with Crippen LogP contribution >= 0.6 is 0 Å². The van der Waals surface area contributed by atoms with Gasteiger partial charge in [-0.05, 0) is 24.6 Å². The molecule has 2 aromatic rings. The molecule has 0 N–H and O–H groups in total. The Morgan fingerprint density at radius 2 is 1.25 bits per heavy atom. The zero-order valence-electron chi connectivity index (χ0n) is 18.1. The van der Waals surface area contributed by atoms with Crippen molar-refractivity contribution in [3.63, 3.8) is 0 Å². The zero-order valence-corrected chi connectivity index (χ0v) is 18.1. The van der Waals surface area contributed by atoms with Crippen LogP contribution in [0.2, 0.25) is 0 Å². The van der Waals surface area contributed by atoms with Gasteiger partial charge in [-0.15, -0.1) is 0 Å². The van der Waals surface area contributed by atoms with Crippen molar-refractivity contribution in [2.24, 2.45) is 5.41 Å². The van der Waals surface area contributed by atoms with Crippen LogP contribution in [0.5, 0.6) is 0 Å². The Morgan fingerprint density at radius 3 is 1.69 bits per heavy atom. The number of non-ortho nitro benzene ring substituents is 2. The summed E-state index contributed by atoms with van der Waals surface area (Å²) in [5, 5.41) is 21.9. The van der Waals surface area contributed by atoms with Crippen molar-refractivity contribution in [3.8, 4) is 0 Å². The molecule has 1 spiro atoms. The second kappa shape index (κ2) is 7.93. The highest BCUT2D eigenvalue weighted by Gasteiger charge is 2.65. The normalized spacial score (nSPS) is 20.1. The number of aryl methyl sites for hydroxylation is 1. The largest absolute Gasteiger partial charge is 0.418 e. The maximum Gasteiger partial charge on any atom is 0.418 e. The molecular formula is C21H13F3N4O8. The molecule has 0 aliphatic carbocycles. The number of alkyl halides is 3. The van der Waals surface area contributed by atoms with E-state index in [1.54, 1.807) is 0 Å². The number of nitrogens with zero attached hydrogens (tertiary/aromatic N) is 4. The molecule has 2 heterocycles. The minimum atomic E-state index is -5.20. The van der Waals surface area contributed by atoms with E-state index in [2.05, 4.69) is 0 Å². The summed E-state index contributed by atoms with van der Waals surface area (Å²) in [6.07, 6.45) is -6.93. The molecule has 1 atom stereocenters. The number of hydrogen-bond donors (Lipinski definition) is 0. The molecule has 0 aromatic heterocycles. The van der Waals surface area contributed by atoms with E-state index >= 15 is 0 Å². The van der Waals surface area contributed by atoms with E-state index in [1.165, 1.54) is 6.92 Å². The van der Waals surface area contributed by atoms with Crippen LogP contribution in [-0.4, -0.2) is 33.5 Å². The Bertz CT molecular complexity index is 1410. The van der Waals surface area contributed by atoms with Crippen LogP contribution in [0.1, 0.15) is 24.0 Å². The first kappa shape index (κ1) is 24.4. The lowest BCUT2D eigenvalue weighted by atomic mass is 9.84. The number of imide groups is 2. The second-order valence-electron chi connectivity index (χ2n) is 8.19. The molecule has 4 amide bonds. The average Bonchev–Trinajstić information content (AvgIpc) is 3.17. The lowest BCUT2D eigenvalue weighted by Crippen LogP contribution is -2.42. The van der Waals surface area contributed by atoms with Crippen molar-refractivity contribution in [2.45, 2.75) is 25.9 Å². The fourth-order valence-electron chi connectivity index (χ4n) is 4.34. The molecule has 4 rings (SSSR count). The minimum absolute atomic E-state index is 0.0857. The molecule has 186 valence electrons. The Labute approximate surface area is 198 Å². The molecule has 12 nitrogen and oxygen atoms in total. The Hall–Kier alpha value is -4.69. The quantitative estimate of drug-likeness (QED) is 0.265. The molecule has 2 fully saturated rings. The van der Waals surface area contributed by atoms with Gasteiger partial charge in [0.2, 0.25) is 11.8 Å². The third-order valence-electron chi connectivity index (χ3n) is 6.00. The first-order chi connectivity index (χ1) is 16.7. The van der Waals surface area contributed by atoms with Gasteiger partial charge in [-0.2, -0.15) is 13.2 Å². The summed E-state index contributed by atoms with van der Waals surface area (Å²) >= 11 is 0. The second-order valence-corrected chi connectivity index (χ2v) is 8.19. The van der Waals surface area contributed by atoms with Gasteiger partial charge < -0.3 is 0 Å². The summed E-state index contributed by atoms with van der Waals surface area (Å²) in [4.78, 5) is 73.0. The van der Waals surface area contributed by atoms with Gasteiger partial charge in [-0.3, -0.25) is 39.4 Å². The van der Waals surface area contributed by atoms with Gasteiger partial charge in [0.05, 0.1) is 39.6 Å². The van der Waals surface area contributed by atoms with E-state index in [4.69, 9.17) is 0 Å². The van der Waals surface area contributed by atoms with E-state index in [0.29, 0.717) is 17.0 Å². The van der Waals surface area contributed by atoms with E-state index in [-0.39, 0.29) is 27.9 Å². The first-order valence-electron chi connectivity index (χ1n) is 10.0. The van der Waals surface area contributed by atoms with Crippen LogP contribution < -0.4 is 9.80 Å². The smallest absolute Gasteiger partial charge is 0.274 e. The van der Waals surface area contributed by atoms with E-state index in [1.807, 2.05) is 0 Å². The third kappa shape index (κ3) is 3.55. The van der Waals surface area contributed by atoms with Crippen LogP contribution in [0.3, 0.4) is 0 Å². The minimum Gasteiger partial charge on any atom is -0.274 e. The Balaban J connectivity index is 1.77. The summed E-state index contributed by atoms with van der Waals surface area (Å²) in [5.74, 6) is -4.68. The average molecular weight is 506 g/mol. The van der Waals surface area contributed by atoms with Gasteiger partial charge in [-0.1, -0.05) is 0 Å². The molecule has 2 aliphatic rings. The van der Waals surface area contributed by atoms with Gasteiger partial charge in [0.1, 0.15) is 5.41 Å². The number of anilines is 2. The summed E-state index contributed by atoms with van der Waals surface area (Å²) < 4.78 is 41.0. The summed E-state index contributed by atoms with van der Waals surface area (Å²) in [5.41, 5.74) is -6.20. The maximum atomic E-state index is 13.7. The predicted molar refractivity (Wildman–Crippen MR) is 113 cm³/mol. The summed E-state index contributed by atoms with van der Waals surface area (Å²) in [6, 6.07) is 4.63. The van der Waals surface area contributed by atoms with Crippen LogP contribution in [0.4, 0.5) is 35.9 Å². The molecule has 0 bridgehead atoms. The SMILES string of the molecule is Cc1cc([N+](=O)[O-])ccc1N1C(=O)C[C@]2(CC(=O)N(c3ccc([N+](=O)[O-])cc3C(F)(F)F)C2=O)C1=O. The molecule has 0 radical (unpaired) electrons. The fraction of sp³-hybridized carbons (Fsp3) is 0.238. The van der Waals surface area contributed by atoms with E-state index in [9.17, 15) is 52.6 Å². The van der Waals surface area contributed by atoms with Gasteiger partial charge in [0.15, 0.2) is 0 Å². The standard InChI is InChI=1S/C21H13F3N4O8/c1-10-6-11(27(33)34)2-4-14(10)25-16(29)8-20(18(25)31)9-17(30)26(19(20)32)15-5-3-12(28(35)36)7-13(15)21(22,23)24/h2-7H,8-9H2,1H3/t20-/m0/s1. The number of carbonyl (C=O) groups excluding carboxylic acids is 4. The van der Waals surface area contributed by atoms with Crippen LogP contribution in [0, 0.1) is 32.6 Å². The number of benzene rings is 2. The molecular weight excluding hydrogens is 493 g/mol. The van der Waals surface area contributed by atoms with Gasteiger partial charge in [0, 0.05) is 24.3 Å². The lowest BCUT2D eigenvalue weighted by molar-refractivity contribution is -0.385. The summed E-state index contributed by atoms with van der Waals surface area (Å²) in [7, 11) is 0. The monoisotopic (exact) mass is 506 g/mol. The highest BCUT2D eigenvalue weighted by atomic mass is 19.4. The number of halogens is 3. The van der Waals surface area contributed by atoms with Crippen molar-refractivity contribution in [1.29, 1.82) is 0 Å². The van der Waals surface area contributed by atoms with Crippen molar-refractivity contribution in [3.05, 3.63) is 67.8 Å². The van der Waals surface area contributed by atoms with Crippen molar-refractivity contribution >= 4 is 46.4 Å². The topological polar surface area (TPSA) is 161 Å². The van der Waals surface area contributed by atoms with Gasteiger partial charge in [-0.25, -0.2) is 9.80 Å². The number of nitro groups is 2. The highest BCUT2D eigenvalue weighted by molar-refractivity contribution is 6.38. The molecule has 15 heteroatoms. The van der Waals surface area contributed by atoms with Gasteiger partial charge >= 0.3 is 6.18 Å². The molecule has 0 saturated carbocycles. The fourth-order valence-corrected chi connectivity index (χ4v) is 4.34. The van der Waals surface area contributed by atoms with Crippen molar-refractivity contribution < 1.29 is 42.2 Å². The molecule has 2 saturated heterocycles. The van der Waals surface area contributed by atoms with E-state index in [0.717, 1.165) is 18.2 Å². The number of rotatable bonds is 4. The highest BCUT2D eigenvalue weighted by Crippen LogP contribution is 2.49. The predicted octanol–water partition coefficient (Wildman–Crippen LogP) is 3.04. The summed E-state index contributed by atoms with van der Waals surface area (Å²) in [6.45, 7) is 1.37. The van der Waals surface area contributed by atoms with Crippen molar-refractivity contribution in [1.82, 2.24) is 0 Å². The Morgan fingerprint density at radius 1 is 0.806 bits per heavy atom. The van der Waals surface area contributed by atoms with Gasteiger partial charge in [0.25, 0.3) is 23.2 Å². The number of carbonyl (C=O) groups is 4. The van der Waals surface area contributed by atoms with Crippen LogP contribution in [0.25, 0.3) is 0 Å². The first-order valence-corrected chi connectivity index (χ1v) is 10.0. The number of amides is 4. The molecule has 0 unspecified atom stereocenters. The van der Waals surface area contributed by atoms with E-state index < -0.39 is 74.8 Å². The maximum absolute atomic E-state index is 13.7. The molecule has 2 aromatic carbocycles. The third-order valence-corrected chi connectivity index (χ3v) is 6.00. The van der Waals surface area contributed by atoms with Crippen LogP contribution in [-0.2, 0) is 25.4 Å². The van der Waals surface area contributed by atoms with Crippen LogP contribution in [0.15, 0.2) is 36.4 Å². The lowest BCUT2D eigenvalue weighted by Gasteiger charge is -2.23. The Kier molecular flexibility index (Phi) is 5.38. The zero-order chi connectivity index (χ0) is 26.7. The van der Waals surface area contributed by atoms with Crippen molar-refractivity contribution in [2.75, 3.05) is 9.80 Å². The molecule has 2 aliphatic heterocycles. The number of hydrogen-bond acceptors (Lipinski definition) is 8. The molecule has 36 heavy (non-hydrogen) atoms.